The van der Waals surface area contributed by atoms with Gasteiger partial charge in [-0.25, -0.2) is 14.4 Å². The summed E-state index contributed by atoms with van der Waals surface area (Å²) >= 11 is 5.63. The molecule has 0 saturated heterocycles. The Bertz CT molecular complexity index is 634. The van der Waals surface area contributed by atoms with Gasteiger partial charge in [0.05, 0.1) is 9.26 Å². The van der Waals surface area contributed by atoms with Crippen molar-refractivity contribution in [3.63, 3.8) is 0 Å². The third-order valence-corrected chi connectivity index (χ3v) is 4.61. The third-order valence-electron chi connectivity index (χ3n) is 2.82. The number of rotatable bonds is 4. The molecule has 0 saturated carbocycles. The van der Waals surface area contributed by atoms with E-state index in [0.717, 1.165) is 33.5 Å². The molecule has 0 amide bonds. The van der Waals surface area contributed by atoms with Gasteiger partial charge in [-0.2, -0.15) is 0 Å². The molecule has 2 rings (SSSR count). The van der Waals surface area contributed by atoms with Crippen molar-refractivity contribution in [1.82, 2.24) is 9.97 Å². The summed E-state index contributed by atoms with van der Waals surface area (Å²) < 4.78 is 14.9. The lowest BCUT2D eigenvalue weighted by Crippen LogP contribution is -2.05. The van der Waals surface area contributed by atoms with Crippen LogP contribution < -0.4 is 5.32 Å². The molecular weight excluding hydrogens is 436 g/mol. The molecule has 1 aromatic heterocycles. The average molecular weight is 450 g/mol. The summed E-state index contributed by atoms with van der Waals surface area (Å²) in [4.78, 5) is 9.13. The van der Waals surface area contributed by atoms with Crippen LogP contribution in [0.4, 0.5) is 10.2 Å². The first-order chi connectivity index (χ1) is 9.56. The van der Waals surface area contributed by atoms with Crippen molar-refractivity contribution in [2.45, 2.75) is 19.8 Å². The van der Waals surface area contributed by atoms with Crippen LogP contribution in [0.25, 0.3) is 11.4 Å². The van der Waals surface area contributed by atoms with Crippen molar-refractivity contribution in [2.24, 2.45) is 0 Å². The number of hydrogen-bond donors (Lipinski definition) is 1. The summed E-state index contributed by atoms with van der Waals surface area (Å²) in [6, 6.07) is 4.53. The summed E-state index contributed by atoms with van der Waals surface area (Å²) in [6.07, 6.45) is 1.90. The monoisotopic (exact) mass is 449 g/mol. The van der Waals surface area contributed by atoms with Gasteiger partial charge in [-0.1, -0.05) is 13.3 Å². The van der Waals surface area contributed by atoms with E-state index in [1.807, 2.05) is 7.05 Å². The number of anilines is 1. The molecule has 1 N–H and O–H groups in total. The Morgan fingerprint density at radius 2 is 2.10 bits per heavy atom. The zero-order valence-corrected chi connectivity index (χ0v) is 14.9. The molecule has 0 unspecified atom stereocenters. The van der Waals surface area contributed by atoms with Gasteiger partial charge in [0, 0.05) is 17.1 Å². The Morgan fingerprint density at radius 3 is 2.70 bits per heavy atom. The minimum absolute atomic E-state index is 0.284. The topological polar surface area (TPSA) is 37.8 Å². The molecule has 1 aromatic carbocycles. The number of nitrogens with one attached hydrogen (secondary N) is 1. The zero-order chi connectivity index (χ0) is 14.7. The Kier molecular flexibility index (Phi) is 5.31. The molecule has 0 aliphatic heterocycles. The Labute approximate surface area is 139 Å². The molecule has 3 nitrogen and oxygen atoms in total. The van der Waals surface area contributed by atoms with Crippen LogP contribution in [0.1, 0.15) is 19.0 Å². The first kappa shape index (κ1) is 15.6. The number of benzene rings is 1. The van der Waals surface area contributed by atoms with Crippen molar-refractivity contribution in [1.29, 1.82) is 0 Å². The highest BCUT2D eigenvalue weighted by atomic mass is 127. The largest absolute Gasteiger partial charge is 0.372 e. The summed E-state index contributed by atoms with van der Waals surface area (Å²) in [5, 5.41) is 3.09. The van der Waals surface area contributed by atoms with Crippen LogP contribution in [0.5, 0.6) is 0 Å². The Hall–Kier alpha value is -0.760. The number of aromatic nitrogens is 2. The normalized spacial score (nSPS) is 10.7. The van der Waals surface area contributed by atoms with E-state index in [9.17, 15) is 4.39 Å². The van der Waals surface area contributed by atoms with Crippen molar-refractivity contribution < 1.29 is 4.39 Å². The second-order valence-corrected chi connectivity index (χ2v) is 6.21. The van der Waals surface area contributed by atoms with E-state index < -0.39 is 0 Å². The fourth-order valence-electron chi connectivity index (χ4n) is 1.85. The third kappa shape index (κ3) is 3.28. The maximum Gasteiger partial charge on any atom is 0.162 e. The van der Waals surface area contributed by atoms with E-state index in [1.54, 1.807) is 6.07 Å². The van der Waals surface area contributed by atoms with Gasteiger partial charge in [0.2, 0.25) is 0 Å². The van der Waals surface area contributed by atoms with E-state index >= 15 is 0 Å². The lowest BCUT2D eigenvalue weighted by atomic mass is 10.2. The lowest BCUT2D eigenvalue weighted by Gasteiger charge is -2.11. The van der Waals surface area contributed by atoms with Gasteiger partial charge in [-0.3, -0.25) is 0 Å². The SMILES string of the molecule is CCCc1nc(-c2ccc(F)cc2Br)nc(NC)c1I. The summed E-state index contributed by atoms with van der Waals surface area (Å²) in [5.74, 6) is 1.12. The van der Waals surface area contributed by atoms with E-state index in [2.05, 4.69) is 60.7 Å². The smallest absolute Gasteiger partial charge is 0.162 e. The van der Waals surface area contributed by atoms with E-state index in [4.69, 9.17) is 0 Å². The second-order valence-electron chi connectivity index (χ2n) is 4.28. The van der Waals surface area contributed by atoms with Crippen LogP contribution in [0, 0.1) is 9.39 Å². The summed E-state index contributed by atoms with van der Waals surface area (Å²) in [6.45, 7) is 2.12. The molecule has 0 aliphatic carbocycles. The van der Waals surface area contributed by atoms with E-state index in [-0.39, 0.29) is 5.82 Å². The van der Waals surface area contributed by atoms with Gasteiger partial charge in [-0.15, -0.1) is 0 Å². The van der Waals surface area contributed by atoms with Crippen LogP contribution in [-0.4, -0.2) is 17.0 Å². The van der Waals surface area contributed by atoms with Crippen molar-refractivity contribution in [2.75, 3.05) is 12.4 Å². The fourth-order valence-corrected chi connectivity index (χ4v) is 3.16. The van der Waals surface area contributed by atoms with Crippen molar-refractivity contribution in [3.8, 4) is 11.4 Å². The Balaban J connectivity index is 2.58. The van der Waals surface area contributed by atoms with Crippen molar-refractivity contribution in [3.05, 3.63) is 37.8 Å². The number of nitrogens with zero attached hydrogens (tertiary/aromatic N) is 2. The highest BCUT2D eigenvalue weighted by Crippen LogP contribution is 2.29. The molecule has 2 aromatic rings. The quantitative estimate of drug-likeness (QED) is 0.690. The highest BCUT2D eigenvalue weighted by Gasteiger charge is 2.14. The van der Waals surface area contributed by atoms with Gasteiger partial charge in [0.15, 0.2) is 5.82 Å². The van der Waals surface area contributed by atoms with Gasteiger partial charge in [-0.05, 0) is 63.1 Å². The van der Waals surface area contributed by atoms with Gasteiger partial charge in [0.1, 0.15) is 11.6 Å². The average Bonchev–Trinajstić information content (AvgIpc) is 2.41. The maximum absolute atomic E-state index is 13.2. The predicted octanol–water partition coefficient (Wildman–Crippen LogP) is 4.64. The summed E-state index contributed by atoms with van der Waals surface area (Å²) in [5.41, 5.74) is 1.80. The maximum atomic E-state index is 13.2. The number of hydrogen-bond acceptors (Lipinski definition) is 3. The van der Waals surface area contributed by atoms with Crippen LogP contribution in [0.15, 0.2) is 22.7 Å². The lowest BCUT2D eigenvalue weighted by molar-refractivity contribution is 0.627. The van der Waals surface area contributed by atoms with E-state index in [0.29, 0.717) is 10.3 Å². The molecule has 20 heavy (non-hydrogen) atoms. The molecule has 1 heterocycles. The van der Waals surface area contributed by atoms with Crippen LogP contribution in [0.2, 0.25) is 0 Å². The highest BCUT2D eigenvalue weighted by molar-refractivity contribution is 14.1. The van der Waals surface area contributed by atoms with Crippen molar-refractivity contribution >= 4 is 44.3 Å². The molecule has 0 bridgehead atoms. The molecule has 0 radical (unpaired) electrons. The first-order valence-corrected chi connectivity index (χ1v) is 8.13. The summed E-state index contributed by atoms with van der Waals surface area (Å²) in [7, 11) is 1.84. The van der Waals surface area contributed by atoms with E-state index in [1.165, 1.54) is 12.1 Å². The second kappa shape index (κ2) is 6.80. The predicted molar refractivity (Wildman–Crippen MR) is 91.4 cm³/mol. The minimum atomic E-state index is -0.284. The number of aryl methyl sites for hydroxylation is 1. The van der Waals surface area contributed by atoms with Gasteiger partial charge in [0.25, 0.3) is 0 Å². The van der Waals surface area contributed by atoms with Gasteiger partial charge >= 0.3 is 0 Å². The van der Waals surface area contributed by atoms with Crippen LogP contribution in [-0.2, 0) is 6.42 Å². The molecular formula is C14H14BrFIN3. The number of halogens is 3. The molecule has 106 valence electrons. The molecule has 0 aliphatic rings. The fraction of sp³-hybridized carbons (Fsp3) is 0.286. The van der Waals surface area contributed by atoms with Gasteiger partial charge < -0.3 is 5.32 Å². The standard InChI is InChI=1S/C14H14BrFIN3/c1-3-4-11-12(17)14(18-2)20-13(19-11)9-6-5-8(16)7-10(9)15/h5-7H,3-4H2,1-2H3,(H,18,19,20). The van der Waals surface area contributed by atoms with Crippen LogP contribution >= 0.6 is 38.5 Å². The first-order valence-electron chi connectivity index (χ1n) is 6.26. The molecule has 0 atom stereocenters. The van der Waals surface area contributed by atoms with Crippen LogP contribution in [0.3, 0.4) is 0 Å². The molecule has 0 spiro atoms. The zero-order valence-electron chi connectivity index (χ0n) is 11.2. The minimum Gasteiger partial charge on any atom is -0.372 e. The Morgan fingerprint density at radius 1 is 1.35 bits per heavy atom. The molecule has 0 fully saturated rings. The molecule has 6 heteroatoms.